The molecule has 0 saturated heterocycles. The molecule has 0 bridgehead atoms. The lowest BCUT2D eigenvalue weighted by Gasteiger charge is -2.21. The van der Waals surface area contributed by atoms with Crippen LogP contribution in [0.25, 0.3) is 0 Å². The lowest BCUT2D eigenvalue weighted by molar-refractivity contribution is 0.0952. The summed E-state index contributed by atoms with van der Waals surface area (Å²) in [4.78, 5) is 14.8. The smallest absolute Gasteiger partial charge is 0.252 e. The summed E-state index contributed by atoms with van der Waals surface area (Å²) < 4.78 is 28.2. The molecule has 158 valence electrons. The highest BCUT2D eigenvalue weighted by Gasteiger charge is 2.23. The van der Waals surface area contributed by atoms with Gasteiger partial charge in [0.05, 0.1) is 10.5 Å². The van der Waals surface area contributed by atoms with Crippen LogP contribution in [0.2, 0.25) is 0 Å². The Balaban J connectivity index is 1.98. The van der Waals surface area contributed by atoms with Crippen molar-refractivity contribution in [3.8, 4) is 0 Å². The van der Waals surface area contributed by atoms with E-state index >= 15 is 0 Å². The molecule has 6 nitrogen and oxygen atoms in total. The van der Waals surface area contributed by atoms with Crippen LogP contribution < -0.4 is 14.9 Å². The molecule has 2 aromatic rings. The third-order valence-electron chi connectivity index (χ3n) is 4.09. The summed E-state index contributed by atoms with van der Waals surface area (Å²) in [7, 11) is -1.71. The number of amides is 1. The topological polar surface area (TPSA) is 78.5 Å². The van der Waals surface area contributed by atoms with Crippen molar-refractivity contribution in [2.24, 2.45) is 0 Å². The predicted molar refractivity (Wildman–Crippen MR) is 121 cm³/mol. The van der Waals surface area contributed by atoms with Crippen LogP contribution >= 0.6 is 15.9 Å². The number of nitrogens with one attached hydrogen (secondary N) is 2. The fourth-order valence-corrected chi connectivity index (χ4v) is 4.60. The van der Waals surface area contributed by atoms with E-state index in [1.165, 1.54) is 12.1 Å². The second-order valence-electron chi connectivity index (χ2n) is 7.86. The fourth-order valence-electron chi connectivity index (χ4n) is 2.73. The Morgan fingerprint density at radius 3 is 2.38 bits per heavy atom. The average Bonchev–Trinajstić information content (AvgIpc) is 2.63. The summed E-state index contributed by atoms with van der Waals surface area (Å²) in [6.07, 6.45) is 0.762. The molecular weight excluding hydrogens is 454 g/mol. The molecule has 0 saturated carbocycles. The Morgan fingerprint density at radius 1 is 1.10 bits per heavy atom. The summed E-state index contributed by atoms with van der Waals surface area (Å²) in [6.45, 7) is 6.57. The monoisotopic (exact) mass is 481 g/mol. The van der Waals surface area contributed by atoms with E-state index in [4.69, 9.17) is 0 Å². The quantitative estimate of drug-likeness (QED) is 0.562. The average molecular weight is 482 g/mol. The van der Waals surface area contributed by atoms with Gasteiger partial charge < -0.3 is 10.2 Å². The second-order valence-corrected chi connectivity index (χ2v) is 10.4. The minimum Gasteiger partial charge on any atom is -0.375 e. The summed E-state index contributed by atoms with van der Waals surface area (Å²) in [6, 6.07) is 14.5. The number of halogens is 1. The van der Waals surface area contributed by atoms with Gasteiger partial charge >= 0.3 is 0 Å². The van der Waals surface area contributed by atoms with Crippen molar-refractivity contribution in [1.29, 1.82) is 0 Å². The zero-order chi connectivity index (χ0) is 21.7. The van der Waals surface area contributed by atoms with Gasteiger partial charge in [-0.2, -0.15) is 0 Å². The SMILES string of the molecule is CN(CCCNC(=O)c1cc(S(=O)(=O)NC(C)(C)C)ccc1Br)c1ccccc1. The molecule has 0 aliphatic rings. The van der Waals surface area contributed by atoms with E-state index in [0.717, 1.165) is 18.7 Å². The number of rotatable bonds is 8. The molecule has 2 N–H and O–H groups in total. The number of anilines is 1. The number of carbonyl (C=O) groups excluding carboxylic acids is 1. The van der Waals surface area contributed by atoms with Crippen molar-refractivity contribution in [3.05, 3.63) is 58.6 Å². The maximum absolute atomic E-state index is 12.6. The standard InChI is InChI=1S/C21H28BrN3O3S/c1-21(2,3)24-29(27,28)17-11-12-19(22)18(15-17)20(26)23-13-8-14-25(4)16-9-6-5-7-10-16/h5-7,9-12,15,24H,8,13-14H2,1-4H3,(H,23,26). The molecule has 0 atom stereocenters. The first kappa shape index (κ1) is 23.4. The molecule has 0 fully saturated rings. The van der Waals surface area contributed by atoms with Crippen molar-refractivity contribution in [3.63, 3.8) is 0 Å². The normalized spacial score (nSPS) is 11.9. The third-order valence-corrected chi connectivity index (χ3v) is 6.53. The van der Waals surface area contributed by atoms with Gasteiger partial charge in [0.15, 0.2) is 0 Å². The van der Waals surface area contributed by atoms with E-state index in [-0.39, 0.29) is 16.4 Å². The van der Waals surface area contributed by atoms with Crippen molar-refractivity contribution >= 4 is 37.5 Å². The molecule has 0 aliphatic carbocycles. The lowest BCUT2D eigenvalue weighted by Crippen LogP contribution is -2.40. The second kappa shape index (κ2) is 9.73. The maximum atomic E-state index is 12.6. The zero-order valence-corrected chi connectivity index (χ0v) is 19.6. The van der Waals surface area contributed by atoms with Crippen LogP contribution in [-0.4, -0.2) is 40.0 Å². The number of hydrogen-bond acceptors (Lipinski definition) is 4. The molecule has 0 radical (unpaired) electrons. The minimum absolute atomic E-state index is 0.0598. The molecule has 8 heteroatoms. The molecule has 0 aliphatic heterocycles. The fraction of sp³-hybridized carbons (Fsp3) is 0.381. The first-order valence-corrected chi connectivity index (χ1v) is 11.7. The van der Waals surface area contributed by atoms with E-state index in [9.17, 15) is 13.2 Å². The van der Waals surface area contributed by atoms with Crippen molar-refractivity contribution in [2.75, 3.05) is 25.0 Å². The van der Waals surface area contributed by atoms with Crippen LogP contribution in [-0.2, 0) is 10.0 Å². The van der Waals surface area contributed by atoms with Gasteiger partial charge in [0.1, 0.15) is 0 Å². The van der Waals surface area contributed by atoms with Crippen LogP contribution in [0.5, 0.6) is 0 Å². The number of nitrogens with zero attached hydrogens (tertiary/aromatic N) is 1. The van der Waals surface area contributed by atoms with Crippen LogP contribution in [0.3, 0.4) is 0 Å². The van der Waals surface area contributed by atoms with Gasteiger partial charge in [-0.1, -0.05) is 18.2 Å². The Labute approximate surface area is 181 Å². The third kappa shape index (κ3) is 7.13. The first-order chi connectivity index (χ1) is 13.5. The van der Waals surface area contributed by atoms with E-state index in [1.54, 1.807) is 26.8 Å². The van der Waals surface area contributed by atoms with Gasteiger partial charge in [0.2, 0.25) is 10.0 Å². The lowest BCUT2D eigenvalue weighted by atomic mass is 10.1. The van der Waals surface area contributed by atoms with Crippen LogP contribution in [0, 0.1) is 0 Å². The molecule has 0 spiro atoms. The Morgan fingerprint density at radius 2 is 1.76 bits per heavy atom. The highest BCUT2D eigenvalue weighted by Crippen LogP contribution is 2.22. The zero-order valence-electron chi connectivity index (χ0n) is 17.2. The van der Waals surface area contributed by atoms with E-state index < -0.39 is 15.6 Å². The maximum Gasteiger partial charge on any atom is 0.252 e. The van der Waals surface area contributed by atoms with E-state index in [1.807, 2.05) is 37.4 Å². The van der Waals surface area contributed by atoms with Gasteiger partial charge in [-0.3, -0.25) is 4.79 Å². The van der Waals surface area contributed by atoms with Crippen LogP contribution in [0.1, 0.15) is 37.6 Å². The molecule has 0 unspecified atom stereocenters. The molecule has 1 amide bonds. The minimum atomic E-state index is -3.72. The largest absolute Gasteiger partial charge is 0.375 e. The molecule has 2 rings (SSSR count). The summed E-state index contributed by atoms with van der Waals surface area (Å²) >= 11 is 3.34. The first-order valence-electron chi connectivity index (χ1n) is 9.37. The molecular formula is C21H28BrN3O3S. The highest BCUT2D eigenvalue weighted by molar-refractivity contribution is 9.10. The number of benzene rings is 2. The van der Waals surface area contributed by atoms with Crippen molar-refractivity contribution in [2.45, 2.75) is 37.6 Å². The van der Waals surface area contributed by atoms with Gasteiger partial charge in [-0.25, -0.2) is 13.1 Å². The Hall–Kier alpha value is -1.90. The Kier molecular flexibility index (Phi) is 7.85. The summed E-state index contributed by atoms with van der Waals surface area (Å²) in [5.41, 5.74) is 0.795. The van der Waals surface area contributed by atoms with E-state index in [2.05, 4.69) is 30.9 Å². The van der Waals surface area contributed by atoms with Gasteiger partial charge in [0.25, 0.3) is 5.91 Å². The summed E-state index contributed by atoms with van der Waals surface area (Å²) in [5.74, 6) is -0.313. The number of sulfonamides is 1. The van der Waals surface area contributed by atoms with Crippen molar-refractivity contribution < 1.29 is 13.2 Å². The molecule has 0 heterocycles. The van der Waals surface area contributed by atoms with Gasteiger partial charge in [0, 0.05) is 35.8 Å². The van der Waals surface area contributed by atoms with Gasteiger partial charge in [-0.15, -0.1) is 0 Å². The summed E-state index contributed by atoms with van der Waals surface area (Å²) in [5, 5.41) is 2.86. The number of hydrogen-bond donors (Lipinski definition) is 2. The number of para-hydroxylation sites is 1. The van der Waals surface area contributed by atoms with E-state index in [0.29, 0.717) is 11.0 Å². The number of carbonyl (C=O) groups is 1. The predicted octanol–water partition coefficient (Wildman–Crippen LogP) is 3.78. The molecule has 0 aromatic heterocycles. The Bertz CT molecular complexity index is 941. The molecule has 29 heavy (non-hydrogen) atoms. The van der Waals surface area contributed by atoms with Crippen LogP contribution in [0.4, 0.5) is 5.69 Å². The van der Waals surface area contributed by atoms with Crippen LogP contribution in [0.15, 0.2) is 57.9 Å². The highest BCUT2D eigenvalue weighted by atomic mass is 79.9. The van der Waals surface area contributed by atoms with Crippen molar-refractivity contribution in [1.82, 2.24) is 10.0 Å². The molecule has 2 aromatic carbocycles. The van der Waals surface area contributed by atoms with Gasteiger partial charge in [-0.05, 0) is 73.5 Å².